The van der Waals surface area contributed by atoms with Crippen LogP contribution in [-0.4, -0.2) is 36.4 Å². The van der Waals surface area contributed by atoms with E-state index in [2.05, 4.69) is 9.88 Å². The molecule has 0 aromatic carbocycles. The quantitative estimate of drug-likeness (QED) is 0.867. The summed E-state index contributed by atoms with van der Waals surface area (Å²) in [4.78, 5) is 6.68. The minimum Gasteiger partial charge on any atom is -0.481 e. The van der Waals surface area contributed by atoms with Crippen LogP contribution in [0.15, 0.2) is 18.2 Å². The zero-order valence-corrected chi connectivity index (χ0v) is 10.5. The van der Waals surface area contributed by atoms with Gasteiger partial charge in [0.05, 0.1) is 13.2 Å². The number of ether oxygens (including phenoxy) is 1. The molecule has 4 heteroatoms. The van der Waals surface area contributed by atoms with Crippen LogP contribution in [0.2, 0.25) is 0 Å². The highest BCUT2D eigenvalue weighted by molar-refractivity contribution is 5.41. The molecule has 1 aliphatic heterocycles. The SMILES string of the molecule is COc1cccc(N2CCC(C(C)O)CC2)n1. The third kappa shape index (κ3) is 2.88. The minimum absolute atomic E-state index is 0.199. The van der Waals surface area contributed by atoms with Crippen molar-refractivity contribution in [1.82, 2.24) is 4.98 Å². The fourth-order valence-corrected chi connectivity index (χ4v) is 2.30. The molecule has 0 radical (unpaired) electrons. The third-order valence-corrected chi connectivity index (χ3v) is 3.46. The number of aromatic nitrogens is 1. The van der Waals surface area contributed by atoms with Gasteiger partial charge >= 0.3 is 0 Å². The van der Waals surface area contributed by atoms with E-state index in [1.165, 1.54) is 0 Å². The summed E-state index contributed by atoms with van der Waals surface area (Å²) in [7, 11) is 1.63. The highest BCUT2D eigenvalue weighted by Gasteiger charge is 2.23. The maximum Gasteiger partial charge on any atom is 0.214 e. The topological polar surface area (TPSA) is 45.6 Å². The van der Waals surface area contributed by atoms with Crippen molar-refractivity contribution in [1.29, 1.82) is 0 Å². The van der Waals surface area contributed by atoms with E-state index in [0.717, 1.165) is 31.7 Å². The highest BCUT2D eigenvalue weighted by Crippen LogP contribution is 2.25. The Bertz CT molecular complexity index is 360. The van der Waals surface area contributed by atoms with E-state index in [1.807, 2.05) is 25.1 Å². The van der Waals surface area contributed by atoms with Gasteiger partial charge in [0.15, 0.2) is 0 Å². The summed E-state index contributed by atoms with van der Waals surface area (Å²) in [5.74, 6) is 2.05. The first-order valence-electron chi connectivity index (χ1n) is 6.15. The van der Waals surface area contributed by atoms with Crippen LogP contribution in [0.1, 0.15) is 19.8 Å². The highest BCUT2D eigenvalue weighted by atomic mass is 16.5. The van der Waals surface area contributed by atoms with Gasteiger partial charge in [-0.3, -0.25) is 0 Å². The molecule has 2 rings (SSSR count). The lowest BCUT2D eigenvalue weighted by Crippen LogP contribution is -2.37. The van der Waals surface area contributed by atoms with Crippen molar-refractivity contribution in [2.75, 3.05) is 25.1 Å². The Morgan fingerprint density at radius 3 is 2.71 bits per heavy atom. The second-order valence-electron chi connectivity index (χ2n) is 4.60. The largest absolute Gasteiger partial charge is 0.481 e. The molecule has 0 bridgehead atoms. The third-order valence-electron chi connectivity index (χ3n) is 3.46. The summed E-state index contributed by atoms with van der Waals surface area (Å²) in [6.45, 7) is 3.79. The maximum atomic E-state index is 9.56. The molecule has 17 heavy (non-hydrogen) atoms. The lowest BCUT2D eigenvalue weighted by molar-refractivity contribution is 0.109. The Labute approximate surface area is 102 Å². The number of aliphatic hydroxyl groups is 1. The fraction of sp³-hybridized carbons (Fsp3) is 0.615. The predicted octanol–water partition coefficient (Wildman–Crippen LogP) is 1.69. The van der Waals surface area contributed by atoms with Crippen LogP contribution < -0.4 is 9.64 Å². The molecule has 1 atom stereocenters. The molecule has 0 amide bonds. The van der Waals surface area contributed by atoms with Gasteiger partial charge < -0.3 is 14.7 Å². The summed E-state index contributed by atoms with van der Waals surface area (Å²) >= 11 is 0. The summed E-state index contributed by atoms with van der Waals surface area (Å²) in [6.07, 6.45) is 1.85. The second kappa shape index (κ2) is 5.36. The number of piperidine rings is 1. The van der Waals surface area contributed by atoms with Crippen LogP contribution in [0.5, 0.6) is 5.88 Å². The van der Waals surface area contributed by atoms with E-state index < -0.39 is 0 Å². The number of methoxy groups -OCH3 is 1. The zero-order chi connectivity index (χ0) is 12.3. The first-order valence-corrected chi connectivity index (χ1v) is 6.15. The van der Waals surface area contributed by atoms with Gasteiger partial charge in [-0.05, 0) is 31.7 Å². The molecule has 1 aliphatic rings. The molecule has 1 N–H and O–H groups in total. The molecule has 1 unspecified atom stereocenters. The van der Waals surface area contributed by atoms with Crippen molar-refractivity contribution in [3.05, 3.63) is 18.2 Å². The molecule has 1 aromatic heterocycles. The number of pyridine rings is 1. The molecular formula is C13H20N2O2. The molecule has 2 heterocycles. The van der Waals surface area contributed by atoms with Crippen LogP contribution in [0.25, 0.3) is 0 Å². The van der Waals surface area contributed by atoms with E-state index in [0.29, 0.717) is 11.8 Å². The standard InChI is InChI=1S/C13H20N2O2/c1-10(16)11-6-8-15(9-7-11)12-4-3-5-13(14-12)17-2/h3-5,10-11,16H,6-9H2,1-2H3. The molecule has 1 fully saturated rings. The van der Waals surface area contributed by atoms with Gasteiger partial charge in [-0.25, -0.2) is 0 Å². The van der Waals surface area contributed by atoms with Gasteiger partial charge in [-0.2, -0.15) is 4.98 Å². The number of rotatable bonds is 3. The fourth-order valence-electron chi connectivity index (χ4n) is 2.30. The molecule has 1 saturated heterocycles. The van der Waals surface area contributed by atoms with E-state index in [4.69, 9.17) is 4.74 Å². The smallest absolute Gasteiger partial charge is 0.214 e. The first kappa shape index (κ1) is 12.2. The Morgan fingerprint density at radius 1 is 1.41 bits per heavy atom. The average molecular weight is 236 g/mol. The lowest BCUT2D eigenvalue weighted by Gasteiger charge is -2.34. The average Bonchev–Trinajstić information content (AvgIpc) is 2.39. The number of aliphatic hydroxyl groups excluding tert-OH is 1. The Kier molecular flexibility index (Phi) is 3.84. The van der Waals surface area contributed by atoms with Crippen molar-refractivity contribution in [2.24, 2.45) is 5.92 Å². The number of hydrogen-bond acceptors (Lipinski definition) is 4. The van der Waals surface area contributed by atoms with Crippen molar-refractivity contribution in [3.8, 4) is 5.88 Å². The molecular weight excluding hydrogens is 216 g/mol. The van der Waals surface area contributed by atoms with Gasteiger partial charge in [0.2, 0.25) is 5.88 Å². The van der Waals surface area contributed by atoms with E-state index in [1.54, 1.807) is 7.11 Å². The molecule has 0 saturated carbocycles. The van der Waals surface area contributed by atoms with Crippen molar-refractivity contribution >= 4 is 5.82 Å². The Hall–Kier alpha value is -1.29. The molecule has 0 aliphatic carbocycles. The first-order chi connectivity index (χ1) is 8.20. The zero-order valence-electron chi connectivity index (χ0n) is 10.5. The minimum atomic E-state index is -0.199. The van der Waals surface area contributed by atoms with E-state index in [-0.39, 0.29) is 6.10 Å². The van der Waals surface area contributed by atoms with Gasteiger partial charge in [-0.15, -0.1) is 0 Å². The molecule has 4 nitrogen and oxygen atoms in total. The van der Waals surface area contributed by atoms with Gasteiger partial charge in [0.25, 0.3) is 0 Å². The monoisotopic (exact) mass is 236 g/mol. The second-order valence-corrected chi connectivity index (χ2v) is 4.60. The van der Waals surface area contributed by atoms with Crippen LogP contribution in [0.4, 0.5) is 5.82 Å². The van der Waals surface area contributed by atoms with Gasteiger partial charge in [-0.1, -0.05) is 6.07 Å². The number of anilines is 1. The Morgan fingerprint density at radius 2 is 2.12 bits per heavy atom. The molecule has 94 valence electrons. The van der Waals surface area contributed by atoms with Crippen molar-refractivity contribution in [2.45, 2.75) is 25.9 Å². The predicted molar refractivity (Wildman–Crippen MR) is 67.4 cm³/mol. The van der Waals surface area contributed by atoms with Gasteiger partial charge in [0, 0.05) is 19.2 Å². The summed E-state index contributed by atoms with van der Waals surface area (Å²) in [5.41, 5.74) is 0. The molecule has 1 aromatic rings. The van der Waals surface area contributed by atoms with Crippen molar-refractivity contribution in [3.63, 3.8) is 0 Å². The van der Waals surface area contributed by atoms with Crippen LogP contribution in [-0.2, 0) is 0 Å². The summed E-state index contributed by atoms with van der Waals surface area (Å²) in [5, 5.41) is 9.56. The van der Waals surface area contributed by atoms with Crippen LogP contribution in [0, 0.1) is 5.92 Å². The lowest BCUT2D eigenvalue weighted by atomic mass is 9.92. The van der Waals surface area contributed by atoms with Crippen LogP contribution in [0.3, 0.4) is 0 Å². The molecule has 0 spiro atoms. The summed E-state index contributed by atoms with van der Waals surface area (Å²) in [6, 6.07) is 5.82. The number of hydrogen-bond donors (Lipinski definition) is 1. The maximum absolute atomic E-state index is 9.56. The van der Waals surface area contributed by atoms with Gasteiger partial charge in [0.1, 0.15) is 5.82 Å². The van der Waals surface area contributed by atoms with E-state index >= 15 is 0 Å². The normalized spacial score (nSPS) is 19.1. The summed E-state index contributed by atoms with van der Waals surface area (Å²) < 4.78 is 5.13. The Balaban J connectivity index is 2.00. The van der Waals surface area contributed by atoms with E-state index in [9.17, 15) is 5.11 Å². The van der Waals surface area contributed by atoms with Crippen molar-refractivity contribution < 1.29 is 9.84 Å². The number of nitrogens with zero attached hydrogens (tertiary/aromatic N) is 2. The van der Waals surface area contributed by atoms with Crippen LogP contribution >= 0.6 is 0 Å².